The van der Waals surface area contributed by atoms with E-state index in [1.807, 2.05) is 18.2 Å². The molecule has 0 aromatic heterocycles. The molecule has 0 spiro atoms. The van der Waals surface area contributed by atoms with Crippen LogP contribution in [0.2, 0.25) is 0 Å². The number of carbonyl (C=O) groups is 1. The van der Waals surface area contributed by atoms with Gasteiger partial charge in [-0.3, -0.25) is 9.69 Å². The number of aliphatic carboxylic acids is 1. The Hall–Kier alpha value is -1.35. The number of hydrogen-bond acceptors (Lipinski definition) is 2. The lowest BCUT2D eigenvalue weighted by Gasteiger charge is -2.34. The minimum Gasteiger partial charge on any atom is -0.481 e. The highest BCUT2D eigenvalue weighted by Crippen LogP contribution is 2.24. The largest absolute Gasteiger partial charge is 0.481 e. The summed E-state index contributed by atoms with van der Waals surface area (Å²) in [6.07, 6.45) is 6.56. The van der Waals surface area contributed by atoms with Crippen LogP contribution in [0, 0.1) is 0 Å². The molecule has 1 saturated carbocycles. The van der Waals surface area contributed by atoms with Crippen molar-refractivity contribution < 1.29 is 9.90 Å². The Balaban J connectivity index is 1.98. The Morgan fingerprint density at radius 3 is 2.47 bits per heavy atom. The first-order valence-electron chi connectivity index (χ1n) is 7.25. The van der Waals surface area contributed by atoms with Gasteiger partial charge >= 0.3 is 5.97 Å². The first-order chi connectivity index (χ1) is 9.25. The first-order valence-corrected chi connectivity index (χ1v) is 7.25. The van der Waals surface area contributed by atoms with Crippen LogP contribution in [-0.2, 0) is 11.3 Å². The van der Waals surface area contributed by atoms with Crippen molar-refractivity contribution in [3.63, 3.8) is 0 Å². The minimum absolute atomic E-state index is 0.239. The molecule has 19 heavy (non-hydrogen) atoms. The van der Waals surface area contributed by atoms with E-state index in [2.05, 4.69) is 17.0 Å². The van der Waals surface area contributed by atoms with Crippen LogP contribution in [0.15, 0.2) is 30.3 Å². The fourth-order valence-corrected chi connectivity index (χ4v) is 2.89. The summed E-state index contributed by atoms with van der Waals surface area (Å²) < 4.78 is 0. The highest BCUT2D eigenvalue weighted by Gasteiger charge is 2.21. The smallest absolute Gasteiger partial charge is 0.304 e. The fraction of sp³-hybridized carbons (Fsp3) is 0.562. The molecule has 0 atom stereocenters. The summed E-state index contributed by atoms with van der Waals surface area (Å²) in [5.41, 5.74) is 1.28. The van der Waals surface area contributed by atoms with Crippen molar-refractivity contribution >= 4 is 5.97 Å². The Morgan fingerprint density at radius 2 is 1.84 bits per heavy atom. The molecule has 3 heteroatoms. The molecule has 3 nitrogen and oxygen atoms in total. The zero-order valence-electron chi connectivity index (χ0n) is 11.4. The third kappa shape index (κ3) is 4.67. The molecule has 0 saturated heterocycles. The predicted molar refractivity (Wildman–Crippen MR) is 76.0 cm³/mol. The Labute approximate surface area is 115 Å². The van der Waals surface area contributed by atoms with Crippen LogP contribution in [0.1, 0.15) is 44.1 Å². The zero-order valence-corrected chi connectivity index (χ0v) is 11.4. The van der Waals surface area contributed by atoms with Gasteiger partial charge in [0.05, 0.1) is 6.42 Å². The van der Waals surface area contributed by atoms with E-state index in [4.69, 9.17) is 5.11 Å². The van der Waals surface area contributed by atoms with Gasteiger partial charge in [-0.25, -0.2) is 0 Å². The van der Waals surface area contributed by atoms with Gasteiger partial charge in [0.2, 0.25) is 0 Å². The summed E-state index contributed by atoms with van der Waals surface area (Å²) in [5.74, 6) is -0.700. The maximum atomic E-state index is 10.8. The summed E-state index contributed by atoms with van der Waals surface area (Å²) in [7, 11) is 0. The van der Waals surface area contributed by atoms with Crippen LogP contribution >= 0.6 is 0 Å². The molecule has 1 N–H and O–H groups in total. The van der Waals surface area contributed by atoms with Crippen molar-refractivity contribution in [2.75, 3.05) is 6.54 Å². The normalized spacial score (nSPS) is 16.7. The molecule has 0 aliphatic heterocycles. The van der Waals surface area contributed by atoms with E-state index in [1.165, 1.54) is 37.7 Å². The average Bonchev–Trinajstić information content (AvgIpc) is 2.45. The average molecular weight is 261 g/mol. The molecular formula is C16H23NO2. The lowest BCUT2D eigenvalue weighted by atomic mass is 9.93. The SMILES string of the molecule is O=C(O)CCN(Cc1ccccc1)C1CCCCC1. The van der Waals surface area contributed by atoms with Crippen LogP contribution in [0.5, 0.6) is 0 Å². The monoisotopic (exact) mass is 261 g/mol. The second kappa shape index (κ2) is 7.29. The van der Waals surface area contributed by atoms with Gasteiger partial charge in [-0.2, -0.15) is 0 Å². The quantitative estimate of drug-likeness (QED) is 0.854. The van der Waals surface area contributed by atoms with E-state index in [-0.39, 0.29) is 6.42 Å². The van der Waals surface area contributed by atoms with Gasteiger partial charge in [-0.1, -0.05) is 49.6 Å². The molecule has 0 unspecified atom stereocenters. The molecule has 104 valence electrons. The van der Waals surface area contributed by atoms with E-state index in [1.54, 1.807) is 0 Å². The number of carboxylic acids is 1. The summed E-state index contributed by atoms with van der Waals surface area (Å²) in [4.78, 5) is 13.2. The summed E-state index contributed by atoms with van der Waals surface area (Å²) in [6, 6.07) is 10.9. The van der Waals surface area contributed by atoms with E-state index in [0.717, 1.165) is 6.54 Å². The second-order valence-corrected chi connectivity index (χ2v) is 5.39. The van der Waals surface area contributed by atoms with Gasteiger partial charge in [0.25, 0.3) is 0 Å². The number of nitrogens with zero attached hydrogens (tertiary/aromatic N) is 1. The zero-order chi connectivity index (χ0) is 13.5. The van der Waals surface area contributed by atoms with Gasteiger partial charge in [0.1, 0.15) is 0 Å². The molecule has 0 bridgehead atoms. The van der Waals surface area contributed by atoms with Gasteiger partial charge in [0, 0.05) is 19.1 Å². The molecule has 1 aromatic carbocycles. The van der Waals surface area contributed by atoms with Crippen LogP contribution < -0.4 is 0 Å². The van der Waals surface area contributed by atoms with E-state index >= 15 is 0 Å². The highest BCUT2D eigenvalue weighted by molar-refractivity contribution is 5.66. The van der Waals surface area contributed by atoms with Crippen molar-refractivity contribution in [3.05, 3.63) is 35.9 Å². The van der Waals surface area contributed by atoms with E-state index < -0.39 is 5.97 Å². The van der Waals surface area contributed by atoms with Crippen molar-refractivity contribution in [3.8, 4) is 0 Å². The molecule has 1 aliphatic carbocycles. The second-order valence-electron chi connectivity index (χ2n) is 5.39. The number of benzene rings is 1. The maximum Gasteiger partial charge on any atom is 0.304 e. The number of carboxylic acid groups (broad SMARTS) is 1. The summed E-state index contributed by atoms with van der Waals surface area (Å²) in [5, 5.41) is 8.90. The molecule has 1 aliphatic rings. The maximum absolute atomic E-state index is 10.8. The van der Waals surface area contributed by atoms with Crippen molar-refractivity contribution in [1.29, 1.82) is 0 Å². The Kier molecular flexibility index (Phi) is 5.40. The van der Waals surface area contributed by atoms with E-state index in [0.29, 0.717) is 12.6 Å². The van der Waals surface area contributed by atoms with Crippen LogP contribution in [0.25, 0.3) is 0 Å². The van der Waals surface area contributed by atoms with Crippen molar-refractivity contribution in [1.82, 2.24) is 4.90 Å². The summed E-state index contributed by atoms with van der Waals surface area (Å²) in [6.45, 7) is 1.54. The molecule has 1 aromatic rings. The fourth-order valence-electron chi connectivity index (χ4n) is 2.89. The third-order valence-electron chi connectivity index (χ3n) is 3.93. The molecule has 2 rings (SSSR count). The van der Waals surface area contributed by atoms with Gasteiger partial charge in [-0.05, 0) is 18.4 Å². The number of hydrogen-bond donors (Lipinski definition) is 1. The van der Waals surface area contributed by atoms with Crippen LogP contribution in [-0.4, -0.2) is 28.6 Å². The van der Waals surface area contributed by atoms with E-state index in [9.17, 15) is 4.79 Å². The molecule has 0 heterocycles. The standard InChI is InChI=1S/C16H23NO2/c18-16(19)11-12-17(15-9-5-2-6-10-15)13-14-7-3-1-4-8-14/h1,3-4,7-8,15H,2,5-6,9-13H2,(H,18,19). The summed E-state index contributed by atoms with van der Waals surface area (Å²) >= 11 is 0. The van der Waals surface area contributed by atoms with Crippen LogP contribution in [0.3, 0.4) is 0 Å². The Morgan fingerprint density at radius 1 is 1.16 bits per heavy atom. The lowest BCUT2D eigenvalue weighted by Crippen LogP contribution is -2.37. The van der Waals surface area contributed by atoms with Gasteiger partial charge in [-0.15, -0.1) is 0 Å². The Bertz CT molecular complexity index is 385. The first kappa shape index (κ1) is 14.1. The molecule has 0 amide bonds. The molecule has 1 fully saturated rings. The number of rotatable bonds is 6. The van der Waals surface area contributed by atoms with Gasteiger partial charge < -0.3 is 5.11 Å². The lowest BCUT2D eigenvalue weighted by molar-refractivity contribution is -0.137. The van der Waals surface area contributed by atoms with Crippen molar-refractivity contribution in [2.45, 2.75) is 51.1 Å². The van der Waals surface area contributed by atoms with Crippen LogP contribution in [0.4, 0.5) is 0 Å². The minimum atomic E-state index is -0.700. The third-order valence-corrected chi connectivity index (χ3v) is 3.93. The van der Waals surface area contributed by atoms with Crippen molar-refractivity contribution in [2.24, 2.45) is 0 Å². The van der Waals surface area contributed by atoms with Gasteiger partial charge in [0.15, 0.2) is 0 Å². The molecule has 0 radical (unpaired) electrons. The predicted octanol–water partition coefficient (Wildman–Crippen LogP) is 3.30. The topological polar surface area (TPSA) is 40.5 Å². The molecular weight excluding hydrogens is 238 g/mol. The highest BCUT2D eigenvalue weighted by atomic mass is 16.4.